The van der Waals surface area contributed by atoms with E-state index in [1.807, 2.05) is 0 Å². The number of aromatic amines is 1. The fraction of sp³-hybridized carbons (Fsp3) is 0.625. The van der Waals surface area contributed by atoms with Crippen LogP contribution in [0.3, 0.4) is 0 Å². The average Bonchev–Trinajstić information content (AvgIpc) is 2.76. The van der Waals surface area contributed by atoms with E-state index in [0.717, 1.165) is 19.5 Å². The van der Waals surface area contributed by atoms with Gasteiger partial charge in [0.1, 0.15) is 6.33 Å². The molecule has 1 amide bonds. The number of anilines is 1. The molecule has 0 saturated carbocycles. The number of carbonyl (C=O) groups excluding carboxylic acids is 1. The van der Waals surface area contributed by atoms with Gasteiger partial charge in [0.2, 0.25) is 11.9 Å². The number of amides is 1. The molecule has 7 heteroatoms. The molecule has 1 saturated heterocycles. The van der Waals surface area contributed by atoms with E-state index >= 15 is 0 Å². The summed E-state index contributed by atoms with van der Waals surface area (Å²) in [5.41, 5.74) is 0. The summed E-state index contributed by atoms with van der Waals surface area (Å²) in [6, 6.07) is 0. The maximum Gasteiger partial charge on any atom is 0.227 e. The highest BCUT2D eigenvalue weighted by atomic mass is 35.5. The lowest BCUT2D eigenvalue weighted by Gasteiger charge is -2.06. The maximum atomic E-state index is 11.4. The largest absolute Gasteiger partial charge is 0.316 e. The number of H-pyrrole nitrogens is 1. The number of nitrogens with zero attached hydrogens (tertiary/aromatic N) is 2. The zero-order valence-electron chi connectivity index (χ0n) is 8.19. The summed E-state index contributed by atoms with van der Waals surface area (Å²) < 4.78 is 0. The van der Waals surface area contributed by atoms with Crippen molar-refractivity contribution in [2.75, 3.05) is 18.4 Å². The predicted octanol–water partition coefficient (Wildman–Crippen LogP) is 0.165. The molecule has 0 aromatic carbocycles. The molecule has 2 heterocycles. The number of aromatic nitrogens is 3. The van der Waals surface area contributed by atoms with E-state index in [0.29, 0.717) is 18.3 Å². The van der Waals surface area contributed by atoms with E-state index < -0.39 is 0 Å². The van der Waals surface area contributed by atoms with Crippen LogP contribution in [-0.2, 0) is 4.79 Å². The third kappa shape index (κ3) is 3.49. The lowest BCUT2D eigenvalue weighted by atomic mass is 10.1. The number of rotatable bonds is 3. The Morgan fingerprint density at radius 3 is 3.13 bits per heavy atom. The van der Waals surface area contributed by atoms with Crippen LogP contribution in [0.4, 0.5) is 5.95 Å². The second kappa shape index (κ2) is 5.67. The van der Waals surface area contributed by atoms with Crippen molar-refractivity contribution < 1.29 is 4.79 Å². The zero-order valence-corrected chi connectivity index (χ0v) is 9.01. The Bertz CT molecular complexity index is 296. The molecule has 1 atom stereocenters. The molecule has 6 nitrogen and oxygen atoms in total. The van der Waals surface area contributed by atoms with Gasteiger partial charge < -0.3 is 5.32 Å². The van der Waals surface area contributed by atoms with Gasteiger partial charge >= 0.3 is 0 Å². The van der Waals surface area contributed by atoms with Gasteiger partial charge in [-0.25, -0.2) is 5.10 Å². The van der Waals surface area contributed by atoms with Crippen LogP contribution < -0.4 is 10.6 Å². The van der Waals surface area contributed by atoms with Crippen molar-refractivity contribution in [2.45, 2.75) is 12.8 Å². The van der Waals surface area contributed by atoms with Crippen LogP contribution in [0.25, 0.3) is 0 Å². The summed E-state index contributed by atoms with van der Waals surface area (Å²) in [6.45, 7) is 1.95. The van der Waals surface area contributed by atoms with Gasteiger partial charge in [-0.05, 0) is 25.4 Å². The van der Waals surface area contributed by atoms with Gasteiger partial charge in [0.05, 0.1) is 0 Å². The van der Waals surface area contributed by atoms with E-state index in [4.69, 9.17) is 0 Å². The SMILES string of the molecule is Cl.O=C(C[C@@H]1CCNC1)Nc1ncn[nH]1. The molecule has 0 aliphatic carbocycles. The minimum atomic E-state index is -0.00421. The van der Waals surface area contributed by atoms with Crippen molar-refractivity contribution in [3.63, 3.8) is 0 Å². The first-order valence-electron chi connectivity index (χ1n) is 4.70. The molecule has 0 radical (unpaired) electrons. The number of halogens is 1. The Labute approximate surface area is 93.6 Å². The highest BCUT2D eigenvalue weighted by Crippen LogP contribution is 2.12. The lowest BCUT2D eigenvalue weighted by molar-refractivity contribution is -0.117. The maximum absolute atomic E-state index is 11.4. The standard InChI is InChI=1S/C8H13N5O.ClH/c14-7(3-6-1-2-9-4-6)12-8-10-5-11-13-8;/h5-6,9H,1-4H2,(H2,10,11,12,13,14);1H/t6-;/m0./s1. The number of nitrogens with one attached hydrogen (secondary N) is 3. The third-order valence-electron chi connectivity index (χ3n) is 2.31. The van der Waals surface area contributed by atoms with Crippen LogP contribution in [0.2, 0.25) is 0 Å². The average molecular weight is 232 g/mol. The van der Waals surface area contributed by atoms with E-state index in [2.05, 4.69) is 25.8 Å². The van der Waals surface area contributed by atoms with Crippen molar-refractivity contribution in [3.8, 4) is 0 Å². The predicted molar refractivity (Wildman–Crippen MR) is 57.9 cm³/mol. The van der Waals surface area contributed by atoms with Crippen molar-refractivity contribution in [3.05, 3.63) is 6.33 Å². The number of hydrogen-bond donors (Lipinski definition) is 3. The molecule has 0 bridgehead atoms. The zero-order chi connectivity index (χ0) is 9.80. The van der Waals surface area contributed by atoms with Gasteiger partial charge in [0, 0.05) is 6.42 Å². The van der Waals surface area contributed by atoms with Crippen LogP contribution in [0, 0.1) is 5.92 Å². The topological polar surface area (TPSA) is 82.7 Å². The summed E-state index contributed by atoms with van der Waals surface area (Å²) >= 11 is 0. The van der Waals surface area contributed by atoms with Crippen molar-refractivity contribution in [2.24, 2.45) is 5.92 Å². The van der Waals surface area contributed by atoms with Crippen molar-refractivity contribution in [1.82, 2.24) is 20.5 Å². The first kappa shape index (κ1) is 11.9. The monoisotopic (exact) mass is 231 g/mol. The summed E-state index contributed by atoms with van der Waals surface area (Å²) in [5.74, 6) is 0.870. The van der Waals surface area contributed by atoms with E-state index in [-0.39, 0.29) is 18.3 Å². The molecule has 1 aromatic heterocycles. The Kier molecular flexibility index (Phi) is 4.51. The summed E-state index contributed by atoms with van der Waals surface area (Å²) in [7, 11) is 0. The van der Waals surface area contributed by atoms with Gasteiger partial charge in [0.25, 0.3) is 0 Å². The Balaban J connectivity index is 0.00000112. The number of carbonyl (C=O) groups is 1. The first-order chi connectivity index (χ1) is 6.84. The van der Waals surface area contributed by atoms with Crippen molar-refractivity contribution in [1.29, 1.82) is 0 Å². The molecule has 1 aliphatic heterocycles. The fourth-order valence-corrected chi connectivity index (χ4v) is 1.60. The second-order valence-electron chi connectivity index (χ2n) is 3.45. The van der Waals surface area contributed by atoms with Gasteiger partial charge in [0.15, 0.2) is 0 Å². The second-order valence-corrected chi connectivity index (χ2v) is 3.45. The highest BCUT2D eigenvalue weighted by molar-refractivity contribution is 5.89. The minimum absolute atomic E-state index is 0. The molecular weight excluding hydrogens is 218 g/mol. The first-order valence-corrected chi connectivity index (χ1v) is 4.70. The van der Waals surface area contributed by atoms with Crippen LogP contribution in [0.15, 0.2) is 6.33 Å². The van der Waals surface area contributed by atoms with Gasteiger partial charge in [-0.2, -0.15) is 10.1 Å². The molecule has 1 aliphatic rings. The van der Waals surface area contributed by atoms with Crippen LogP contribution in [0.1, 0.15) is 12.8 Å². The molecule has 1 fully saturated rings. The van der Waals surface area contributed by atoms with Crippen LogP contribution in [0.5, 0.6) is 0 Å². The molecule has 3 N–H and O–H groups in total. The minimum Gasteiger partial charge on any atom is -0.316 e. The Morgan fingerprint density at radius 1 is 1.67 bits per heavy atom. The smallest absolute Gasteiger partial charge is 0.227 e. The molecule has 15 heavy (non-hydrogen) atoms. The van der Waals surface area contributed by atoms with Crippen molar-refractivity contribution >= 4 is 24.3 Å². The summed E-state index contributed by atoms with van der Waals surface area (Å²) in [5, 5.41) is 12.1. The Morgan fingerprint density at radius 2 is 2.53 bits per heavy atom. The fourth-order valence-electron chi connectivity index (χ4n) is 1.60. The molecule has 0 spiro atoms. The number of hydrogen-bond acceptors (Lipinski definition) is 4. The third-order valence-corrected chi connectivity index (χ3v) is 2.31. The van der Waals surface area contributed by atoms with Gasteiger partial charge in [-0.15, -0.1) is 12.4 Å². The van der Waals surface area contributed by atoms with Crippen LogP contribution in [-0.4, -0.2) is 34.2 Å². The molecular formula is C8H14ClN5O. The van der Waals surface area contributed by atoms with E-state index in [1.165, 1.54) is 6.33 Å². The summed E-state index contributed by atoms with van der Waals surface area (Å²) in [4.78, 5) is 15.3. The van der Waals surface area contributed by atoms with E-state index in [9.17, 15) is 4.79 Å². The van der Waals surface area contributed by atoms with E-state index in [1.54, 1.807) is 0 Å². The molecule has 0 unspecified atom stereocenters. The quantitative estimate of drug-likeness (QED) is 0.692. The van der Waals surface area contributed by atoms with Gasteiger partial charge in [-0.1, -0.05) is 0 Å². The summed E-state index contributed by atoms with van der Waals surface area (Å²) in [6.07, 6.45) is 2.99. The molecule has 84 valence electrons. The Hall–Kier alpha value is -1.14. The van der Waals surface area contributed by atoms with Crippen LogP contribution >= 0.6 is 12.4 Å². The lowest BCUT2D eigenvalue weighted by Crippen LogP contribution is -2.18. The highest BCUT2D eigenvalue weighted by Gasteiger charge is 2.18. The normalized spacial score (nSPS) is 19.6. The molecule has 2 rings (SSSR count). The van der Waals surface area contributed by atoms with Gasteiger partial charge in [-0.3, -0.25) is 10.1 Å². The molecule has 1 aromatic rings.